The molecule has 0 unspecified atom stereocenters. The zero-order valence-corrected chi connectivity index (χ0v) is 13.7. The summed E-state index contributed by atoms with van der Waals surface area (Å²) in [5.41, 5.74) is 1.49. The first kappa shape index (κ1) is 15.4. The van der Waals surface area contributed by atoms with Crippen LogP contribution < -0.4 is 10.2 Å². The molecule has 4 rings (SSSR count). The molecule has 3 aromatic rings. The van der Waals surface area contributed by atoms with E-state index in [4.69, 9.17) is 0 Å². The van der Waals surface area contributed by atoms with Crippen LogP contribution in [0.1, 0.15) is 23.2 Å². The molecule has 0 aromatic carbocycles. The highest BCUT2D eigenvalue weighted by Gasteiger charge is 2.23. The van der Waals surface area contributed by atoms with Crippen LogP contribution in [0.4, 0.5) is 5.82 Å². The Kier molecular flexibility index (Phi) is 4.20. The van der Waals surface area contributed by atoms with Crippen molar-refractivity contribution in [1.82, 2.24) is 25.3 Å². The van der Waals surface area contributed by atoms with Gasteiger partial charge in [0.15, 0.2) is 0 Å². The Labute approximate surface area is 145 Å². The van der Waals surface area contributed by atoms with Crippen LogP contribution in [0.5, 0.6) is 0 Å². The van der Waals surface area contributed by atoms with Crippen LogP contribution in [-0.4, -0.2) is 45.0 Å². The van der Waals surface area contributed by atoms with Crippen LogP contribution >= 0.6 is 0 Å². The van der Waals surface area contributed by atoms with Gasteiger partial charge in [0.05, 0.1) is 11.7 Å². The molecule has 0 bridgehead atoms. The second-order valence-corrected chi connectivity index (χ2v) is 6.06. The lowest BCUT2D eigenvalue weighted by Gasteiger charge is -2.33. The molecule has 1 fully saturated rings. The van der Waals surface area contributed by atoms with E-state index in [1.165, 1.54) is 0 Å². The summed E-state index contributed by atoms with van der Waals surface area (Å²) >= 11 is 0. The summed E-state index contributed by atoms with van der Waals surface area (Å²) in [5.74, 6) is 0.894. The average molecular weight is 334 g/mol. The number of carbonyl (C=O) groups is 1. The quantitative estimate of drug-likeness (QED) is 0.786. The van der Waals surface area contributed by atoms with Crippen LogP contribution in [0.2, 0.25) is 0 Å². The predicted molar refractivity (Wildman–Crippen MR) is 94.3 cm³/mol. The van der Waals surface area contributed by atoms with E-state index < -0.39 is 0 Å². The predicted octanol–water partition coefficient (Wildman–Crippen LogP) is 1.82. The maximum absolute atomic E-state index is 12.3. The van der Waals surface area contributed by atoms with Crippen molar-refractivity contribution in [2.75, 3.05) is 18.0 Å². The van der Waals surface area contributed by atoms with Gasteiger partial charge in [0.25, 0.3) is 5.91 Å². The van der Waals surface area contributed by atoms with Crippen LogP contribution in [0.25, 0.3) is 10.9 Å². The number of fused-ring (bicyclic) bond motifs is 1. The molecule has 4 heterocycles. The van der Waals surface area contributed by atoms with Crippen molar-refractivity contribution in [2.24, 2.45) is 0 Å². The second-order valence-electron chi connectivity index (χ2n) is 6.06. The fourth-order valence-corrected chi connectivity index (χ4v) is 3.15. The number of rotatable bonds is 3. The summed E-state index contributed by atoms with van der Waals surface area (Å²) in [6, 6.07) is 5.57. The largest absolute Gasteiger partial charge is 0.356 e. The monoisotopic (exact) mass is 334 g/mol. The molecule has 25 heavy (non-hydrogen) atoms. The van der Waals surface area contributed by atoms with Gasteiger partial charge in [0.2, 0.25) is 0 Å². The number of nitrogens with one attached hydrogen (secondary N) is 1. The normalized spacial score (nSPS) is 15.3. The van der Waals surface area contributed by atoms with Gasteiger partial charge in [-0.15, -0.1) is 0 Å². The maximum Gasteiger partial charge on any atom is 0.251 e. The van der Waals surface area contributed by atoms with E-state index in [-0.39, 0.29) is 11.9 Å². The minimum Gasteiger partial charge on any atom is -0.356 e. The van der Waals surface area contributed by atoms with Gasteiger partial charge in [-0.1, -0.05) is 0 Å². The zero-order chi connectivity index (χ0) is 17.1. The molecule has 126 valence electrons. The number of carbonyl (C=O) groups excluding carboxylic acids is 1. The molecule has 0 spiro atoms. The summed E-state index contributed by atoms with van der Waals surface area (Å²) in [6.45, 7) is 1.69. The highest BCUT2D eigenvalue weighted by Crippen LogP contribution is 2.25. The van der Waals surface area contributed by atoms with Crippen LogP contribution in [0, 0.1) is 0 Å². The third-order valence-electron chi connectivity index (χ3n) is 4.49. The van der Waals surface area contributed by atoms with Gasteiger partial charge in [-0.05, 0) is 31.0 Å². The lowest BCUT2D eigenvalue weighted by molar-refractivity contribution is 0.0931. The van der Waals surface area contributed by atoms with E-state index in [2.05, 4.69) is 30.2 Å². The summed E-state index contributed by atoms with van der Waals surface area (Å²) in [4.78, 5) is 31.3. The van der Waals surface area contributed by atoms with E-state index in [1.54, 1.807) is 43.2 Å². The molecule has 1 amide bonds. The van der Waals surface area contributed by atoms with Gasteiger partial charge in [0, 0.05) is 48.7 Å². The number of hydrogen-bond donors (Lipinski definition) is 1. The average Bonchev–Trinajstić information content (AvgIpc) is 2.69. The first-order valence-electron chi connectivity index (χ1n) is 8.32. The number of pyridine rings is 2. The van der Waals surface area contributed by atoms with Crippen molar-refractivity contribution < 1.29 is 4.79 Å². The minimum atomic E-state index is -0.0422. The van der Waals surface area contributed by atoms with Crippen molar-refractivity contribution in [3.05, 3.63) is 54.9 Å². The van der Waals surface area contributed by atoms with Gasteiger partial charge in [-0.2, -0.15) is 0 Å². The fraction of sp³-hybridized carbons (Fsp3) is 0.278. The van der Waals surface area contributed by atoms with Crippen LogP contribution in [-0.2, 0) is 0 Å². The van der Waals surface area contributed by atoms with Gasteiger partial charge in [-0.25, -0.2) is 9.97 Å². The third-order valence-corrected chi connectivity index (χ3v) is 4.49. The van der Waals surface area contributed by atoms with Gasteiger partial charge < -0.3 is 10.2 Å². The van der Waals surface area contributed by atoms with E-state index in [9.17, 15) is 4.79 Å². The van der Waals surface area contributed by atoms with E-state index in [1.807, 2.05) is 6.07 Å². The summed E-state index contributed by atoms with van der Waals surface area (Å²) in [6.07, 6.45) is 10.1. The number of anilines is 1. The Morgan fingerprint density at radius 3 is 2.60 bits per heavy atom. The molecule has 7 nitrogen and oxygen atoms in total. The second kappa shape index (κ2) is 6.80. The molecule has 7 heteroatoms. The minimum absolute atomic E-state index is 0.0422. The molecule has 0 radical (unpaired) electrons. The molecule has 3 aromatic heterocycles. The highest BCUT2D eigenvalue weighted by molar-refractivity contribution is 5.94. The fourth-order valence-electron chi connectivity index (χ4n) is 3.15. The van der Waals surface area contributed by atoms with Crippen molar-refractivity contribution in [3.8, 4) is 0 Å². The molecule has 1 N–H and O–H groups in total. The van der Waals surface area contributed by atoms with Gasteiger partial charge in [-0.3, -0.25) is 14.8 Å². The Morgan fingerprint density at radius 1 is 1.04 bits per heavy atom. The third kappa shape index (κ3) is 3.26. The lowest BCUT2D eigenvalue weighted by Crippen LogP contribution is -2.45. The van der Waals surface area contributed by atoms with Crippen molar-refractivity contribution in [1.29, 1.82) is 0 Å². The molecule has 1 aliphatic rings. The molecular formula is C18H18N6O. The Morgan fingerprint density at radius 2 is 1.80 bits per heavy atom. The molecule has 0 saturated carbocycles. The van der Waals surface area contributed by atoms with E-state index in [0.29, 0.717) is 5.56 Å². The Bertz CT molecular complexity index is 872. The maximum atomic E-state index is 12.3. The molecule has 0 atom stereocenters. The van der Waals surface area contributed by atoms with Crippen LogP contribution in [0.15, 0.2) is 49.3 Å². The Hall–Kier alpha value is -3.09. The Balaban J connectivity index is 1.42. The highest BCUT2D eigenvalue weighted by atomic mass is 16.1. The van der Waals surface area contributed by atoms with E-state index in [0.717, 1.165) is 42.7 Å². The number of aromatic nitrogens is 4. The zero-order valence-electron chi connectivity index (χ0n) is 13.7. The van der Waals surface area contributed by atoms with Gasteiger partial charge >= 0.3 is 0 Å². The molecule has 1 saturated heterocycles. The van der Waals surface area contributed by atoms with E-state index >= 15 is 0 Å². The van der Waals surface area contributed by atoms with Crippen molar-refractivity contribution >= 4 is 22.6 Å². The number of hydrogen-bond acceptors (Lipinski definition) is 6. The van der Waals surface area contributed by atoms with Crippen LogP contribution in [0.3, 0.4) is 0 Å². The first-order valence-corrected chi connectivity index (χ1v) is 8.32. The summed E-state index contributed by atoms with van der Waals surface area (Å²) in [7, 11) is 0. The molecular weight excluding hydrogens is 316 g/mol. The van der Waals surface area contributed by atoms with Crippen molar-refractivity contribution in [3.63, 3.8) is 0 Å². The summed E-state index contributed by atoms with van der Waals surface area (Å²) in [5, 5.41) is 4.12. The first-order chi connectivity index (χ1) is 12.3. The number of piperidine rings is 1. The van der Waals surface area contributed by atoms with Crippen molar-refractivity contribution in [2.45, 2.75) is 18.9 Å². The smallest absolute Gasteiger partial charge is 0.251 e. The molecule has 0 aliphatic carbocycles. The number of nitrogens with zero attached hydrogens (tertiary/aromatic N) is 5. The van der Waals surface area contributed by atoms with Gasteiger partial charge in [0.1, 0.15) is 12.1 Å². The number of amides is 1. The summed E-state index contributed by atoms with van der Waals surface area (Å²) < 4.78 is 0. The lowest BCUT2D eigenvalue weighted by atomic mass is 10.0. The topological polar surface area (TPSA) is 83.9 Å². The standard InChI is InChI=1S/C18H18N6O/c25-18(13-1-6-19-7-2-13)23-14-4-9-24(10-5-14)17-15-3-8-20-11-16(15)21-12-22-17/h1-3,6-8,11-12,14H,4-5,9-10H2,(H,23,25). The SMILES string of the molecule is O=C(NC1CCN(c2ncnc3cnccc23)CC1)c1ccncc1. The molecule has 1 aliphatic heterocycles.